The highest BCUT2D eigenvalue weighted by molar-refractivity contribution is 5.10. The summed E-state index contributed by atoms with van der Waals surface area (Å²) in [6.45, 7) is 12.5. The van der Waals surface area contributed by atoms with Crippen molar-refractivity contribution in [3.63, 3.8) is 0 Å². The molecule has 0 spiro atoms. The summed E-state index contributed by atoms with van der Waals surface area (Å²) in [5, 5.41) is 0. The van der Waals surface area contributed by atoms with Gasteiger partial charge >= 0.3 is 0 Å². The van der Waals surface area contributed by atoms with Crippen molar-refractivity contribution >= 4 is 0 Å². The first-order valence-electron chi connectivity index (χ1n) is 4.94. The summed E-state index contributed by atoms with van der Waals surface area (Å²) < 4.78 is 0. The summed E-state index contributed by atoms with van der Waals surface area (Å²) in [4.78, 5) is 0. The van der Waals surface area contributed by atoms with Gasteiger partial charge in [0.2, 0.25) is 0 Å². The molecule has 0 N–H and O–H groups in total. The van der Waals surface area contributed by atoms with Gasteiger partial charge < -0.3 is 0 Å². The summed E-state index contributed by atoms with van der Waals surface area (Å²) in [5.41, 5.74) is 1.75. The van der Waals surface area contributed by atoms with Gasteiger partial charge in [-0.25, -0.2) is 0 Å². The van der Waals surface area contributed by atoms with Gasteiger partial charge in [0.15, 0.2) is 0 Å². The van der Waals surface area contributed by atoms with Crippen LogP contribution in [0.25, 0.3) is 0 Å². The molecule has 0 heterocycles. The van der Waals surface area contributed by atoms with Crippen LogP contribution in [0, 0.1) is 5.41 Å². The molecular weight excluding hydrogens is 156 g/mol. The lowest BCUT2D eigenvalue weighted by Gasteiger charge is -2.24. The van der Waals surface area contributed by atoms with E-state index in [4.69, 9.17) is 0 Å². The summed E-state index contributed by atoms with van der Waals surface area (Å²) in [6.07, 6.45) is 10.6. The van der Waals surface area contributed by atoms with Crippen LogP contribution in [0.2, 0.25) is 0 Å². The van der Waals surface area contributed by atoms with E-state index in [0.29, 0.717) is 5.41 Å². The van der Waals surface area contributed by atoms with E-state index >= 15 is 0 Å². The SMILES string of the molecule is C=CCC=CCC(C)(C)C(C)=CC. The second kappa shape index (κ2) is 5.80. The highest BCUT2D eigenvalue weighted by atomic mass is 14.2. The van der Waals surface area contributed by atoms with Gasteiger partial charge in [0, 0.05) is 0 Å². The Bertz CT molecular complexity index is 204. The van der Waals surface area contributed by atoms with E-state index in [9.17, 15) is 0 Å². The number of hydrogen-bond donors (Lipinski definition) is 0. The third-order valence-electron chi connectivity index (χ3n) is 2.60. The first-order chi connectivity index (χ1) is 6.04. The Morgan fingerprint density at radius 1 is 1.31 bits per heavy atom. The van der Waals surface area contributed by atoms with Crippen LogP contribution in [0.1, 0.15) is 40.5 Å². The molecule has 0 aromatic rings. The van der Waals surface area contributed by atoms with Crippen molar-refractivity contribution in [3.05, 3.63) is 36.5 Å². The molecule has 0 aliphatic rings. The van der Waals surface area contributed by atoms with Gasteiger partial charge in [-0.3, -0.25) is 0 Å². The molecule has 0 atom stereocenters. The zero-order valence-electron chi connectivity index (χ0n) is 9.43. The van der Waals surface area contributed by atoms with Crippen LogP contribution >= 0.6 is 0 Å². The third kappa shape index (κ3) is 4.72. The maximum atomic E-state index is 3.68. The monoisotopic (exact) mass is 178 g/mol. The molecule has 0 rings (SSSR count). The molecule has 0 heteroatoms. The van der Waals surface area contributed by atoms with Crippen molar-refractivity contribution < 1.29 is 0 Å². The largest absolute Gasteiger partial charge is 0.103 e. The second-order valence-electron chi connectivity index (χ2n) is 4.06. The van der Waals surface area contributed by atoms with Crippen LogP contribution in [-0.4, -0.2) is 0 Å². The van der Waals surface area contributed by atoms with Crippen LogP contribution in [0.3, 0.4) is 0 Å². The van der Waals surface area contributed by atoms with Crippen LogP contribution in [-0.2, 0) is 0 Å². The smallest absolute Gasteiger partial charge is 0.0113 e. The van der Waals surface area contributed by atoms with Crippen molar-refractivity contribution in [1.82, 2.24) is 0 Å². The molecule has 13 heavy (non-hydrogen) atoms. The molecule has 0 saturated carbocycles. The van der Waals surface area contributed by atoms with E-state index in [-0.39, 0.29) is 0 Å². The quantitative estimate of drug-likeness (QED) is 0.544. The molecule has 0 unspecified atom stereocenters. The van der Waals surface area contributed by atoms with Gasteiger partial charge in [0.1, 0.15) is 0 Å². The molecule has 74 valence electrons. The minimum Gasteiger partial charge on any atom is -0.103 e. The highest BCUT2D eigenvalue weighted by Gasteiger charge is 2.16. The standard InChI is InChI=1S/C13H22/c1-6-8-9-10-11-13(4,5)12(3)7-2/h6-7,9-10H,1,8,11H2,2-5H3. The number of allylic oxidation sites excluding steroid dienone is 5. The molecule has 0 aromatic heterocycles. The Labute approximate surface area is 83.0 Å². The van der Waals surface area contributed by atoms with E-state index in [0.717, 1.165) is 12.8 Å². The van der Waals surface area contributed by atoms with Crippen molar-refractivity contribution in [3.8, 4) is 0 Å². The van der Waals surface area contributed by atoms with Gasteiger partial charge in [0.05, 0.1) is 0 Å². The average molecular weight is 178 g/mol. The Balaban J connectivity index is 4.10. The summed E-state index contributed by atoms with van der Waals surface area (Å²) in [6, 6.07) is 0. The zero-order valence-corrected chi connectivity index (χ0v) is 9.43. The number of hydrogen-bond acceptors (Lipinski definition) is 0. The molecule has 0 fully saturated rings. The van der Waals surface area contributed by atoms with E-state index in [1.807, 2.05) is 6.08 Å². The first kappa shape index (κ1) is 12.2. The Kier molecular flexibility index (Phi) is 5.45. The summed E-state index contributed by atoms with van der Waals surface area (Å²) in [7, 11) is 0. The molecule has 0 aliphatic heterocycles. The van der Waals surface area contributed by atoms with Gasteiger partial charge in [0.25, 0.3) is 0 Å². The lowest BCUT2D eigenvalue weighted by atomic mass is 9.82. The van der Waals surface area contributed by atoms with Gasteiger partial charge in [-0.1, -0.05) is 43.7 Å². The van der Waals surface area contributed by atoms with Crippen LogP contribution < -0.4 is 0 Å². The first-order valence-corrected chi connectivity index (χ1v) is 4.94. The normalized spacial score (nSPS) is 13.7. The minimum absolute atomic E-state index is 0.298. The zero-order chi connectivity index (χ0) is 10.3. The molecule has 0 aliphatic carbocycles. The van der Waals surface area contributed by atoms with Crippen molar-refractivity contribution in [2.45, 2.75) is 40.5 Å². The Morgan fingerprint density at radius 2 is 1.92 bits per heavy atom. The van der Waals surface area contributed by atoms with Crippen LogP contribution in [0.15, 0.2) is 36.5 Å². The van der Waals surface area contributed by atoms with E-state index < -0.39 is 0 Å². The van der Waals surface area contributed by atoms with Crippen LogP contribution in [0.4, 0.5) is 0 Å². The maximum Gasteiger partial charge on any atom is -0.0113 e. The lowest BCUT2D eigenvalue weighted by molar-refractivity contribution is 0.452. The van der Waals surface area contributed by atoms with Crippen molar-refractivity contribution in [1.29, 1.82) is 0 Å². The van der Waals surface area contributed by atoms with Crippen LogP contribution in [0.5, 0.6) is 0 Å². The molecule has 0 radical (unpaired) electrons. The fraction of sp³-hybridized carbons (Fsp3) is 0.538. The fourth-order valence-electron chi connectivity index (χ4n) is 1.12. The third-order valence-corrected chi connectivity index (χ3v) is 2.60. The van der Waals surface area contributed by atoms with E-state index in [1.54, 1.807) is 0 Å². The molecule has 0 nitrogen and oxygen atoms in total. The maximum absolute atomic E-state index is 3.68. The fourth-order valence-corrected chi connectivity index (χ4v) is 1.12. The molecule has 0 aromatic carbocycles. The molecule has 0 saturated heterocycles. The van der Waals surface area contributed by atoms with Gasteiger partial charge in [-0.05, 0) is 32.1 Å². The van der Waals surface area contributed by atoms with Crippen molar-refractivity contribution in [2.24, 2.45) is 5.41 Å². The second-order valence-corrected chi connectivity index (χ2v) is 4.06. The minimum atomic E-state index is 0.298. The summed E-state index contributed by atoms with van der Waals surface area (Å²) in [5.74, 6) is 0. The average Bonchev–Trinajstić information content (AvgIpc) is 2.11. The Morgan fingerprint density at radius 3 is 2.38 bits per heavy atom. The molecule has 0 amide bonds. The van der Waals surface area contributed by atoms with Crippen molar-refractivity contribution in [2.75, 3.05) is 0 Å². The predicted molar refractivity (Wildman–Crippen MR) is 61.8 cm³/mol. The van der Waals surface area contributed by atoms with E-state index in [1.165, 1.54) is 5.57 Å². The summed E-state index contributed by atoms with van der Waals surface area (Å²) >= 11 is 0. The topological polar surface area (TPSA) is 0 Å². The highest BCUT2D eigenvalue weighted by Crippen LogP contribution is 2.30. The van der Waals surface area contributed by atoms with E-state index in [2.05, 4.69) is 52.5 Å². The molecule has 0 bridgehead atoms. The van der Waals surface area contributed by atoms with Gasteiger partial charge in [-0.2, -0.15) is 0 Å². The lowest BCUT2D eigenvalue weighted by Crippen LogP contribution is -2.11. The van der Waals surface area contributed by atoms with Gasteiger partial charge in [-0.15, -0.1) is 6.58 Å². The molecular formula is C13H22. The predicted octanol–water partition coefficient (Wildman–Crippen LogP) is 4.50. The Hall–Kier alpha value is -0.780. The number of rotatable bonds is 5.